The molecule has 0 aliphatic heterocycles. The second-order valence-corrected chi connectivity index (χ2v) is 2.44. The van der Waals surface area contributed by atoms with Crippen molar-refractivity contribution in [1.82, 2.24) is 0 Å². The maximum absolute atomic E-state index is 10.7. The van der Waals surface area contributed by atoms with E-state index in [1.807, 2.05) is 0 Å². The van der Waals surface area contributed by atoms with Crippen molar-refractivity contribution in [3.05, 3.63) is 24.3 Å². The van der Waals surface area contributed by atoms with Crippen LogP contribution in [0, 0.1) is 0 Å². The molecule has 0 aliphatic rings. The average Bonchev–Trinajstić information content (AvgIpc) is 2.25. The minimum absolute atomic E-state index is 0.0734. The normalized spacial score (nSPS) is 9.67. The summed E-state index contributed by atoms with van der Waals surface area (Å²) in [6, 6.07) is 0. The molecular formula is C10H17NO4. The van der Waals surface area contributed by atoms with Crippen molar-refractivity contribution < 1.29 is 19.4 Å². The van der Waals surface area contributed by atoms with E-state index in [2.05, 4.69) is 17.0 Å². The van der Waals surface area contributed by atoms with Crippen LogP contribution in [0.1, 0.15) is 13.8 Å². The van der Waals surface area contributed by atoms with Crippen LogP contribution in [-0.2, 0) is 14.3 Å². The van der Waals surface area contributed by atoms with Crippen molar-refractivity contribution in [1.29, 1.82) is 0 Å². The molecule has 0 aromatic rings. The Balaban J connectivity index is 0. The number of esters is 1. The van der Waals surface area contributed by atoms with Crippen molar-refractivity contribution in [2.45, 2.75) is 13.8 Å². The van der Waals surface area contributed by atoms with E-state index in [-0.39, 0.29) is 19.2 Å². The molecule has 3 N–H and O–H groups in total. The predicted molar refractivity (Wildman–Crippen MR) is 56.9 cm³/mol. The molecule has 0 bridgehead atoms. The lowest BCUT2D eigenvalue weighted by Crippen LogP contribution is -2.08. The van der Waals surface area contributed by atoms with Crippen molar-refractivity contribution in [3.8, 4) is 0 Å². The molecule has 0 aromatic heterocycles. The van der Waals surface area contributed by atoms with E-state index in [0.717, 1.165) is 6.08 Å². The second kappa shape index (κ2) is 10.5. The maximum atomic E-state index is 10.7. The number of amides is 1. The van der Waals surface area contributed by atoms with Gasteiger partial charge in [0, 0.05) is 5.57 Å². The quantitative estimate of drug-likeness (QED) is 0.516. The number of hydrogen-bond acceptors (Lipinski definition) is 4. The van der Waals surface area contributed by atoms with Crippen LogP contribution < -0.4 is 5.73 Å². The minimum atomic E-state index is -0.481. The molecule has 15 heavy (non-hydrogen) atoms. The zero-order valence-electron chi connectivity index (χ0n) is 9.03. The fourth-order valence-electron chi connectivity index (χ4n) is 0.370. The van der Waals surface area contributed by atoms with Gasteiger partial charge in [0.05, 0.1) is 6.61 Å². The van der Waals surface area contributed by atoms with Crippen LogP contribution in [0.25, 0.3) is 0 Å². The van der Waals surface area contributed by atoms with E-state index in [9.17, 15) is 9.59 Å². The molecular weight excluding hydrogens is 198 g/mol. The number of primary amides is 1. The van der Waals surface area contributed by atoms with E-state index >= 15 is 0 Å². The third kappa shape index (κ3) is 12.4. The Kier molecular flexibility index (Phi) is 11.0. The Morgan fingerprint density at radius 2 is 2.00 bits per heavy atom. The molecule has 0 rings (SSSR count). The van der Waals surface area contributed by atoms with E-state index < -0.39 is 5.91 Å². The molecule has 0 saturated carbocycles. The van der Waals surface area contributed by atoms with E-state index in [0.29, 0.717) is 5.57 Å². The molecule has 86 valence electrons. The molecule has 0 aromatic carbocycles. The number of ether oxygens (including phenoxy) is 1. The Hall–Kier alpha value is -1.62. The molecule has 0 atom stereocenters. The van der Waals surface area contributed by atoms with Crippen LogP contribution in [-0.4, -0.2) is 30.2 Å². The third-order valence-electron chi connectivity index (χ3n) is 1.28. The molecule has 0 saturated heterocycles. The van der Waals surface area contributed by atoms with Crippen LogP contribution in [0.15, 0.2) is 24.3 Å². The van der Waals surface area contributed by atoms with Gasteiger partial charge in [0.15, 0.2) is 0 Å². The standard InChI is InChI=1S/C7H12O3.C3H5NO/c1-3-6(2)7(9)10-5-4-8;1-2-3(4)5/h3,8H,4-5H2,1-2H3;2H,1H2,(H2,4,5). The molecule has 0 aliphatic carbocycles. The van der Waals surface area contributed by atoms with Gasteiger partial charge in [0.2, 0.25) is 5.91 Å². The third-order valence-corrected chi connectivity index (χ3v) is 1.28. The topological polar surface area (TPSA) is 89.6 Å². The average molecular weight is 215 g/mol. The Morgan fingerprint density at radius 1 is 1.53 bits per heavy atom. The fourth-order valence-corrected chi connectivity index (χ4v) is 0.370. The van der Waals surface area contributed by atoms with Crippen molar-refractivity contribution >= 4 is 11.9 Å². The number of hydrogen-bond donors (Lipinski definition) is 2. The van der Waals surface area contributed by atoms with Crippen molar-refractivity contribution in [2.75, 3.05) is 13.2 Å². The number of aliphatic hydroxyl groups is 1. The van der Waals surface area contributed by atoms with Gasteiger partial charge >= 0.3 is 5.97 Å². The van der Waals surface area contributed by atoms with Gasteiger partial charge in [-0.15, -0.1) is 0 Å². The predicted octanol–water partition coefficient (Wildman–Crippen LogP) is 0.146. The van der Waals surface area contributed by atoms with Crippen LogP contribution >= 0.6 is 0 Å². The molecule has 0 fully saturated rings. The summed E-state index contributed by atoms with van der Waals surface area (Å²) < 4.78 is 4.59. The summed E-state index contributed by atoms with van der Waals surface area (Å²) in [4.78, 5) is 20.2. The molecule has 0 heterocycles. The zero-order chi connectivity index (χ0) is 12.3. The van der Waals surface area contributed by atoms with Gasteiger partial charge in [-0.1, -0.05) is 12.7 Å². The number of rotatable bonds is 4. The van der Waals surface area contributed by atoms with Gasteiger partial charge in [0.1, 0.15) is 6.61 Å². The molecule has 5 nitrogen and oxygen atoms in total. The lowest BCUT2D eigenvalue weighted by Gasteiger charge is -2.00. The van der Waals surface area contributed by atoms with E-state index in [1.54, 1.807) is 19.9 Å². The summed E-state index contributed by atoms with van der Waals surface area (Å²) in [6.07, 6.45) is 2.72. The molecule has 0 radical (unpaired) electrons. The van der Waals surface area contributed by atoms with E-state index in [4.69, 9.17) is 5.11 Å². The lowest BCUT2D eigenvalue weighted by molar-refractivity contribution is -0.139. The van der Waals surface area contributed by atoms with Crippen LogP contribution in [0.3, 0.4) is 0 Å². The second-order valence-electron chi connectivity index (χ2n) is 2.44. The van der Waals surface area contributed by atoms with Crippen molar-refractivity contribution in [2.24, 2.45) is 5.73 Å². The van der Waals surface area contributed by atoms with Gasteiger partial charge in [0.25, 0.3) is 0 Å². The van der Waals surface area contributed by atoms with Gasteiger partial charge in [-0.05, 0) is 19.9 Å². The van der Waals surface area contributed by atoms with Gasteiger partial charge in [-0.25, -0.2) is 4.79 Å². The van der Waals surface area contributed by atoms with Gasteiger partial charge in [-0.2, -0.15) is 0 Å². The molecule has 0 spiro atoms. The number of carbonyl (C=O) groups is 2. The summed E-state index contributed by atoms with van der Waals surface area (Å²) in [5.74, 6) is -0.846. The van der Waals surface area contributed by atoms with Crippen LogP contribution in [0.4, 0.5) is 0 Å². The Morgan fingerprint density at radius 3 is 2.27 bits per heavy atom. The minimum Gasteiger partial charge on any atom is -0.460 e. The zero-order valence-corrected chi connectivity index (χ0v) is 9.03. The van der Waals surface area contributed by atoms with Gasteiger partial charge < -0.3 is 15.6 Å². The molecule has 0 unspecified atom stereocenters. The highest BCUT2D eigenvalue weighted by molar-refractivity contribution is 5.87. The first kappa shape index (κ1) is 15.8. The fraction of sp³-hybridized carbons (Fsp3) is 0.400. The number of carbonyl (C=O) groups excluding carboxylic acids is 2. The smallest absolute Gasteiger partial charge is 0.333 e. The van der Waals surface area contributed by atoms with E-state index in [1.165, 1.54) is 0 Å². The van der Waals surface area contributed by atoms with Crippen LogP contribution in [0.2, 0.25) is 0 Å². The molecule has 1 amide bonds. The summed E-state index contributed by atoms with van der Waals surface area (Å²) in [5.41, 5.74) is 5.10. The number of nitrogens with two attached hydrogens (primary N) is 1. The first-order chi connectivity index (χ1) is 6.99. The summed E-state index contributed by atoms with van der Waals surface area (Å²) in [6.45, 7) is 6.46. The lowest BCUT2D eigenvalue weighted by atomic mass is 10.3. The summed E-state index contributed by atoms with van der Waals surface area (Å²) >= 11 is 0. The Labute approximate surface area is 89.2 Å². The number of aliphatic hydroxyl groups excluding tert-OH is 1. The Bertz CT molecular complexity index is 246. The largest absolute Gasteiger partial charge is 0.460 e. The monoisotopic (exact) mass is 215 g/mol. The summed E-state index contributed by atoms with van der Waals surface area (Å²) in [7, 11) is 0. The molecule has 5 heteroatoms. The first-order valence-corrected chi connectivity index (χ1v) is 4.32. The first-order valence-electron chi connectivity index (χ1n) is 4.32. The highest BCUT2D eigenvalue weighted by Gasteiger charge is 2.01. The summed E-state index contributed by atoms with van der Waals surface area (Å²) in [5, 5.41) is 8.27. The van der Waals surface area contributed by atoms with Crippen LogP contribution in [0.5, 0.6) is 0 Å². The SMILES string of the molecule is C=CC(N)=O.CC=C(C)C(=O)OCCO. The maximum Gasteiger partial charge on any atom is 0.333 e. The highest BCUT2D eigenvalue weighted by atomic mass is 16.5. The van der Waals surface area contributed by atoms with Crippen molar-refractivity contribution in [3.63, 3.8) is 0 Å². The van der Waals surface area contributed by atoms with Gasteiger partial charge in [-0.3, -0.25) is 4.79 Å². The number of allylic oxidation sites excluding steroid dienone is 1. The highest BCUT2D eigenvalue weighted by Crippen LogP contribution is 1.94.